The number of rotatable bonds is 4. The van der Waals surface area contributed by atoms with E-state index in [1.165, 1.54) is 0 Å². The highest BCUT2D eigenvalue weighted by Gasteiger charge is 2.21. The van der Waals surface area contributed by atoms with Crippen molar-refractivity contribution in [1.82, 2.24) is 9.55 Å². The molecule has 0 unspecified atom stereocenters. The van der Waals surface area contributed by atoms with Crippen molar-refractivity contribution in [3.05, 3.63) is 53.7 Å². The molecule has 0 spiro atoms. The number of imidazole rings is 1. The molecule has 0 saturated carbocycles. The first kappa shape index (κ1) is 18.9. The van der Waals surface area contributed by atoms with Crippen LogP contribution in [0.15, 0.2) is 48.8 Å². The molecule has 1 aliphatic rings. The van der Waals surface area contributed by atoms with Crippen LogP contribution < -0.4 is 0 Å². The standard InChI is InChI=1S/C23H24N2O2S/c1-23(2,26)13-12-19-10-11-20(28-19)22-21(17-7-4-3-5-8-17)24-16-25(22)15-18-9-6-14-27-18/h3-5,7-8,10-11,16,18,26H,6,9,14-15H2,1-2H3/t18-/m0/s1. The number of ether oxygens (including phenoxy) is 1. The molecule has 0 bridgehead atoms. The van der Waals surface area contributed by atoms with E-state index in [-0.39, 0.29) is 6.10 Å². The maximum Gasteiger partial charge on any atom is 0.120 e. The molecule has 2 aromatic heterocycles. The Hall–Kier alpha value is -2.39. The van der Waals surface area contributed by atoms with Crippen LogP contribution in [-0.2, 0) is 11.3 Å². The molecule has 1 N–H and O–H groups in total. The number of aromatic nitrogens is 2. The first-order valence-corrected chi connectivity index (χ1v) is 10.4. The van der Waals surface area contributed by atoms with Crippen molar-refractivity contribution in [2.24, 2.45) is 0 Å². The molecule has 4 nitrogen and oxygen atoms in total. The van der Waals surface area contributed by atoms with Crippen LogP contribution in [0.5, 0.6) is 0 Å². The third kappa shape index (κ3) is 4.36. The van der Waals surface area contributed by atoms with Crippen LogP contribution in [0.25, 0.3) is 21.8 Å². The second kappa shape index (κ2) is 7.92. The average molecular weight is 393 g/mol. The lowest BCUT2D eigenvalue weighted by molar-refractivity contribution is 0.0973. The summed E-state index contributed by atoms with van der Waals surface area (Å²) in [5.41, 5.74) is 2.17. The van der Waals surface area contributed by atoms with Crippen molar-refractivity contribution in [3.63, 3.8) is 0 Å². The van der Waals surface area contributed by atoms with Gasteiger partial charge >= 0.3 is 0 Å². The third-order valence-electron chi connectivity index (χ3n) is 4.64. The Morgan fingerprint density at radius 3 is 2.79 bits per heavy atom. The first-order chi connectivity index (χ1) is 13.5. The van der Waals surface area contributed by atoms with Gasteiger partial charge in [0.25, 0.3) is 0 Å². The van der Waals surface area contributed by atoms with Gasteiger partial charge in [-0.15, -0.1) is 11.3 Å². The van der Waals surface area contributed by atoms with Crippen LogP contribution in [0.4, 0.5) is 0 Å². The van der Waals surface area contributed by atoms with E-state index in [1.54, 1.807) is 25.2 Å². The summed E-state index contributed by atoms with van der Waals surface area (Å²) in [4.78, 5) is 6.79. The summed E-state index contributed by atoms with van der Waals surface area (Å²) in [6.07, 6.45) is 4.37. The van der Waals surface area contributed by atoms with Crippen molar-refractivity contribution < 1.29 is 9.84 Å². The number of thiophene rings is 1. The van der Waals surface area contributed by atoms with E-state index in [4.69, 9.17) is 9.72 Å². The summed E-state index contributed by atoms with van der Waals surface area (Å²) < 4.78 is 8.05. The average Bonchev–Trinajstić information content (AvgIpc) is 3.41. The molecule has 28 heavy (non-hydrogen) atoms. The fourth-order valence-electron chi connectivity index (χ4n) is 3.34. The van der Waals surface area contributed by atoms with Gasteiger partial charge in [0, 0.05) is 12.2 Å². The smallest absolute Gasteiger partial charge is 0.120 e. The minimum atomic E-state index is -0.999. The molecule has 1 aromatic carbocycles. The fourth-order valence-corrected chi connectivity index (χ4v) is 4.26. The van der Waals surface area contributed by atoms with Crippen molar-refractivity contribution in [3.8, 4) is 33.7 Å². The van der Waals surface area contributed by atoms with Gasteiger partial charge in [-0.25, -0.2) is 4.98 Å². The molecule has 1 aliphatic heterocycles. The minimum Gasteiger partial charge on any atom is -0.378 e. The second-order valence-corrected chi connectivity index (χ2v) is 8.65. The van der Waals surface area contributed by atoms with Crippen molar-refractivity contribution in [1.29, 1.82) is 0 Å². The van der Waals surface area contributed by atoms with Gasteiger partial charge in [-0.05, 0) is 38.8 Å². The number of aliphatic hydroxyl groups is 1. The van der Waals surface area contributed by atoms with E-state index in [1.807, 2.05) is 30.6 Å². The molecular weight excluding hydrogens is 368 g/mol. The fraction of sp³-hybridized carbons (Fsp3) is 0.348. The lowest BCUT2D eigenvalue weighted by Gasteiger charge is -2.13. The Balaban J connectivity index is 1.74. The Labute approximate surface area is 169 Å². The molecule has 0 aliphatic carbocycles. The van der Waals surface area contributed by atoms with Crippen LogP contribution in [0.3, 0.4) is 0 Å². The molecule has 4 rings (SSSR count). The van der Waals surface area contributed by atoms with Crippen molar-refractivity contribution in [2.75, 3.05) is 6.61 Å². The van der Waals surface area contributed by atoms with Crippen molar-refractivity contribution in [2.45, 2.75) is 44.9 Å². The van der Waals surface area contributed by atoms with E-state index in [9.17, 15) is 5.11 Å². The zero-order valence-electron chi connectivity index (χ0n) is 16.2. The molecule has 1 atom stereocenters. The third-order valence-corrected chi connectivity index (χ3v) is 5.65. The highest BCUT2D eigenvalue weighted by atomic mass is 32.1. The van der Waals surface area contributed by atoms with Gasteiger partial charge in [-0.1, -0.05) is 42.2 Å². The van der Waals surface area contributed by atoms with Gasteiger partial charge in [-0.3, -0.25) is 0 Å². The highest BCUT2D eigenvalue weighted by Crippen LogP contribution is 2.36. The van der Waals surface area contributed by atoms with E-state index in [0.717, 1.165) is 52.7 Å². The van der Waals surface area contributed by atoms with E-state index < -0.39 is 5.60 Å². The van der Waals surface area contributed by atoms with E-state index in [0.29, 0.717) is 0 Å². The number of nitrogens with zero attached hydrogens (tertiary/aromatic N) is 2. The molecule has 144 valence electrons. The Morgan fingerprint density at radius 2 is 2.07 bits per heavy atom. The van der Waals surface area contributed by atoms with E-state index >= 15 is 0 Å². The van der Waals surface area contributed by atoms with Crippen molar-refractivity contribution >= 4 is 11.3 Å². The number of hydrogen-bond acceptors (Lipinski definition) is 4. The van der Waals surface area contributed by atoms with Crippen LogP contribution in [0, 0.1) is 11.8 Å². The molecule has 3 aromatic rings. The zero-order chi connectivity index (χ0) is 19.6. The Bertz CT molecular complexity index is 997. The molecular formula is C23H24N2O2S. The van der Waals surface area contributed by atoms with Gasteiger partial charge in [-0.2, -0.15) is 0 Å². The zero-order valence-corrected chi connectivity index (χ0v) is 17.0. The second-order valence-electron chi connectivity index (χ2n) is 7.57. The van der Waals surface area contributed by atoms with Crippen LogP contribution >= 0.6 is 11.3 Å². The molecule has 1 saturated heterocycles. The SMILES string of the molecule is CC(C)(O)C#Cc1ccc(-c2c(-c3ccccc3)ncn2C[C@@H]2CCCO2)s1. The van der Waals surface area contributed by atoms with Gasteiger partial charge < -0.3 is 14.4 Å². The number of benzene rings is 1. The van der Waals surface area contributed by atoms with Gasteiger partial charge in [0.2, 0.25) is 0 Å². The highest BCUT2D eigenvalue weighted by molar-refractivity contribution is 7.16. The Kier molecular flexibility index (Phi) is 5.36. The first-order valence-electron chi connectivity index (χ1n) is 9.57. The summed E-state index contributed by atoms with van der Waals surface area (Å²) in [5.74, 6) is 5.97. The largest absolute Gasteiger partial charge is 0.378 e. The summed E-state index contributed by atoms with van der Waals surface area (Å²) in [6, 6.07) is 14.4. The van der Waals surface area contributed by atoms with Gasteiger partial charge in [0.1, 0.15) is 5.60 Å². The monoisotopic (exact) mass is 392 g/mol. The minimum absolute atomic E-state index is 0.242. The molecule has 5 heteroatoms. The lowest BCUT2D eigenvalue weighted by Crippen LogP contribution is -2.14. The van der Waals surface area contributed by atoms with Crippen LogP contribution in [0.2, 0.25) is 0 Å². The molecule has 0 amide bonds. The lowest BCUT2D eigenvalue weighted by atomic mass is 10.1. The maximum absolute atomic E-state index is 9.87. The molecule has 3 heterocycles. The quantitative estimate of drug-likeness (QED) is 0.661. The van der Waals surface area contributed by atoms with Gasteiger partial charge in [0.15, 0.2) is 0 Å². The van der Waals surface area contributed by atoms with Crippen LogP contribution in [0.1, 0.15) is 31.6 Å². The van der Waals surface area contributed by atoms with Gasteiger partial charge in [0.05, 0.1) is 40.1 Å². The summed E-state index contributed by atoms with van der Waals surface area (Å²) >= 11 is 1.63. The topological polar surface area (TPSA) is 47.3 Å². The van der Waals surface area contributed by atoms with E-state index in [2.05, 4.69) is 34.6 Å². The predicted octanol–water partition coefficient (Wildman–Crippen LogP) is 4.58. The number of hydrogen-bond donors (Lipinski definition) is 1. The molecule has 1 fully saturated rings. The predicted molar refractivity (Wildman–Crippen MR) is 113 cm³/mol. The molecule has 0 radical (unpaired) electrons. The summed E-state index contributed by atoms with van der Waals surface area (Å²) in [6.45, 7) is 5.03. The summed E-state index contributed by atoms with van der Waals surface area (Å²) in [7, 11) is 0. The maximum atomic E-state index is 9.87. The Morgan fingerprint density at radius 1 is 1.25 bits per heavy atom. The van der Waals surface area contributed by atoms with Crippen LogP contribution in [-0.4, -0.2) is 33.0 Å². The summed E-state index contributed by atoms with van der Waals surface area (Å²) in [5, 5.41) is 9.87. The normalized spacial score (nSPS) is 16.8.